The average molecular weight is 178 g/mol. The predicted molar refractivity (Wildman–Crippen MR) is 52.3 cm³/mol. The number of ether oxygens (including phenoxy) is 1. The quantitative estimate of drug-likeness (QED) is 0.714. The van der Waals surface area contributed by atoms with E-state index in [1.807, 2.05) is 6.20 Å². The Morgan fingerprint density at radius 2 is 2.31 bits per heavy atom. The number of hydrogen-bond donors (Lipinski definition) is 1. The van der Waals surface area contributed by atoms with Gasteiger partial charge in [-0.3, -0.25) is 4.98 Å². The van der Waals surface area contributed by atoms with Crippen molar-refractivity contribution >= 4 is 5.69 Å². The molecule has 1 aromatic heterocycles. The van der Waals surface area contributed by atoms with Gasteiger partial charge in [0, 0.05) is 12.7 Å². The summed E-state index contributed by atoms with van der Waals surface area (Å²) < 4.78 is 5.49. The molecule has 0 aliphatic carbocycles. The zero-order valence-corrected chi connectivity index (χ0v) is 8.00. The minimum absolute atomic E-state index is 0.483. The lowest BCUT2D eigenvalue weighted by atomic mass is 10.0. The van der Waals surface area contributed by atoms with E-state index in [9.17, 15) is 0 Å². The first kappa shape index (κ1) is 8.35. The molecular weight excluding hydrogens is 164 g/mol. The molecule has 0 bridgehead atoms. The van der Waals surface area contributed by atoms with Crippen LogP contribution in [-0.4, -0.2) is 18.1 Å². The molecule has 70 valence electrons. The van der Waals surface area contributed by atoms with Gasteiger partial charge >= 0.3 is 0 Å². The highest BCUT2D eigenvalue weighted by molar-refractivity contribution is 5.62. The number of aromatic nitrogens is 1. The third-order valence-electron chi connectivity index (χ3n) is 2.22. The van der Waals surface area contributed by atoms with Crippen molar-refractivity contribution in [3.63, 3.8) is 0 Å². The number of anilines is 1. The highest BCUT2D eigenvalue weighted by Gasteiger charge is 2.15. The second kappa shape index (κ2) is 3.24. The van der Waals surface area contributed by atoms with Crippen molar-refractivity contribution in [3.8, 4) is 5.75 Å². The molecule has 0 unspecified atom stereocenters. The number of pyridine rings is 1. The molecule has 1 aliphatic heterocycles. The Bertz CT molecular complexity index is 310. The van der Waals surface area contributed by atoms with E-state index >= 15 is 0 Å². The third-order valence-corrected chi connectivity index (χ3v) is 2.22. The fourth-order valence-corrected chi connectivity index (χ4v) is 1.53. The van der Waals surface area contributed by atoms with Crippen molar-refractivity contribution < 1.29 is 4.74 Å². The van der Waals surface area contributed by atoms with Gasteiger partial charge in [0.05, 0.1) is 11.9 Å². The normalized spacial score (nSPS) is 14.7. The SMILES string of the molecule is CC(C)c1cncc2c1NCCO2. The van der Waals surface area contributed by atoms with Crippen molar-refractivity contribution in [2.24, 2.45) is 0 Å². The van der Waals surface area contributed by atoms with Gasteiger partial charge in [0.2, 0.25) is 0 Å². The molecule has 3 nitrogen and oxygen atoms in total. The van der Waals surface area contributed by atoms with Crippen LogP contribution < -0.4 is 10.1 Å². The summed E-state index contributed by atoms with van der Waals surface area (Å²) in [6.45, 7) is 5.94. The number of rotatable bonds is 1. The molecule has 0 saturated heterocycles. The number of nitrogens with one attached hydrogen (secondary N) is 1. The van der Waals surface area contributed by atoms with E-state index in [4.69, 9.17) is 4.74 Å². The number of fused-ring (bicyclic) bond motifs is 1. The minimum atomic E-state index is 0.483. The van der Waals surface area contributed by atoms with E-state index in [2.05, 4.69) is 24.1 Å². The molecule has 1 N–H and O–H groups in total. The van der Waals surface area contributed by atoms with E-state index in [1.54, 1.807) is 6.20 Å². The first-order valence-electron chi connectivity index (χ1n) is 4.63. The number of nitrogens with zero attached hydrogens (tertiary/aromatic N) is 1. The lowest BCUT2D eigenvalue weighted by Gasteiger charge is -2.22. The maximum absolute atomic E-state index is 5.49. The Balaban J connectivity index is 2.46. The monoisotopic (exact) mass is 178 g/mol. The first-order chi connectivity index (χ1) is 6.29. The molecule has 3 heteroatoms. The molecule has 2 heterocycles. The second-order valence-corrected chi connectivity index (χ2v) is 3.53. The zero-order valence-electron chi connectivity index (χ0n) is 8.00. The molecule has 0 spiro atoms. The van der Waals surface area contributed by atoms with Gasteiger partial charge in [-0.1, -0.05) is 13.8 Å². The topological polar surface area (TPSA) is 34.2 Å². The summed E-state index contributed by atoms with van der Waals surface area (Å²) in [6.07, 6.45) is 3.68. The van der Waals surface area contributed by atoms with Gasteiger partial charge in [-0.2, -0.15) is 0 Å². The summed E-state index contributed by atoms with van der Waals surface area (Å²) >= 11 is 0. The van der Waals surface area contributed by atoms with E-state index in [1.165, 1.54) is 5.56 Å². The summed E-state index contributed by atoms with van der Waals surface area (Å²) in [5.41, 5.74) is 2.36. The summed E-state index contributed by atoms with van der Waals surface area (Å²) in [5, 5.41) is 3.35. The summed E-state index contributed by atoms with van der Waals surface area (Å²) in [4.78, 5) is 4.15. The maximum atomic E-state index is 5.49. The summed E-state index contributed by atoms with van der Waals surface area (Å²) in [7, 11) is 0. The van der Waals surface area contributed by atoms with Crippen LogP contribution in [0.5, 0.6) is 5.75 Å². The molecule has 1 aliphatic rings. The molecule has 1 aromatic rings. The van der Waals surface area contributed by atoms with Gasteiger partial charge in [0.25, 0.3) is 0 Å². The molecule has 2 rings (SSSR count). The van der Waals surface area contributed by atoms with Crippen LogP contribution in [0.15, 0.2) is 12.4 Å². The van der Waals surface area contributed by atoms with Crippen LogP contribution >= 0.6 is 0 Å². The van der Waals surface area contributed by atoms with E-state index in [0.717, 1.165) is 24.6 Å². The Labute approximate surface area is 78.1 Å². The third kappa shape index (κ3) is 1.46. The van der Waals surface area contributed by atoms with E-state index in [-0.39, 0.29) is 0 Å². The fraction of sp³-hybridized carbons (Fsp3) is 0.500. The van der Waals surface area contributed by atoms with Gasteiger partial charge in [-0.25, -0.2) is 0 Å². The summed E-state index contributed by atoms with van der Waals surface area (Å²) in [5.74, 6) is 1.37. The molecule has 0 aromatic carbocycles. The van der Waals surface area contributed by atoms with Crippen molar-refractivity contribution in [2.45, 2.75) is 19.8 Å². The lowest BCUT2D eigenvalue weighted by molar-refractivity contribution is 0.321. The summed E-state index contributed by atoms with van der Waals surface area (Å²) in [6, 6.07) is 0. The van der Waals surface area contributed by atoms with Crippen LogP contribution in [0.25, 0.3) is 0 Å². The molecular formula is C10H14N2O. The maximum Gasteiger partial charge on any atom is 0.161 e. The van der Waals surface area contributed by atoms with Gasteiger partial charge in [-0.05, 0) is 11.5 Å². The van der Waals surface area contributed by atoms with E-state index < -0.39 is 0 Å². The van der Waals surface area contributed by atoms with Gasteiger partial charge in [0.1, 0.15) is 6.61 Å². The lowest BCUT2D eigenvalue weighted by Crippen LogP contribution is -2.19. The molecule has 0 atom stereocenters. The zero-order chi connectivity index (χ0) is 9.26. The first-order valence-corrected chi connectivity index (χ1v) is 4.63. The van der Waals surface area contributed by atoms with E-state index in [0.29, 0.717) is 5.92 Å². The smallest absolute Gasteiger partial charge is 0.161 e. The second-order valence-electron chi connectivity index (χ2n) is 3.53. The molecule has 0 amide bonds. The fourth-order valence-electron chi connectivity index (χ4n) is 1.53. The van der Waals surface area contributed by atoms with Gasteiger partial charge in [0.15, 0.2) is 5.75 Å². The van der Waals surface area contributed by atoms with Crippen molar-refractivity contribution in [3.05, 3.63) is 18.0 Å². The van der Waals surface area contributed by atoms with Crippen LogP contribution in [0.3, 0.4) is 0 Å². The van der Waals surface area contributed by atoms with Gasteiger partial charge in [-0.15, -0.1) is 0 Å². The van der Waals surface area contributed by atoms with Crippen molar-refractivity contribution in [1.29, 1.82) is 0 Å². The van der Waals surface area contributed by atoms with Crippen LogP contribution in [0.4, 0.5) is 5.69 Å². The Kier molecular flexibility index (Phi) is 2.08. The Morgan fingerprint density at radius 1 is 1.46 bits per heavy atom. The predicted octanol–water partition coefficient (Wildman–Crippen LogP) is 2.01. The Hall–Kier alpha value is -1.25. The highest BCUT2D eigenvalue weighted by Crippen LogP contribution is 2.33. The van der Waals surface area contributed by atoms with Crippen LogP contribution in [0.1, 0.15) is 25.3 Å². The van der Waals surface area contributed by atoms with Crippen molar-refractivity contribution in [2.75, 3.05) is 18.5 Å². The standard InChI is InChI=1S/C10H14N2O/c1-7(2)8-5-11-6-9-10(8)12-3-4-13-9/h5-7,12H,3-4H2,1-2H3. The average Bonchev–Trinajstić information content (AvgIpc) is 2.17. The molecule has 0 fully saturated rings. The van der Waals surface area contributed by atoms with Crippen molar-refractivity contribution in [1.82, 2.24) is 4.98 Å². The largest absolute Gasteiger partial charge is 0.488 e. The molecule has 13 heavy (non-hydrogen) atoms. The minimum Gasteiger partial charge on any atom is -0.488 e. The number of hydrogen-bond acceptors (Lipinski definition) is 3. The van der Waals surface area contributed by atoms with Crippen LogP contribution in [-0.2, 0) is 0 Å². The molecule has 0 saturated carbocycles. The van der Waals surface area contributed by atoms with Gasteiger partial charge < -0.3 is 10.1 Å². The van der Waals surface area contributed by atoms with Crippen LogP contribution in [0.2, 0.25) is 0 Å². The molecule has 0 radical (unpaired) electrons. The Morgan fingerprint density at radius 3 is 3.08 bits per heavy atom. The van der Waals surface area contributed by atoms with Crippen LogP contribution in [0, 0.1) is 0 Å². The highest BCUT2D eigenvalue weighted by atomic mass is 16.5.